The molecule has 0 saturated heterocycles. The Morgan fingerprint density at radius 2 is 1.02 bits per heavy atom. The summed E-state index contributed by atoms with van der Waals surface area (Å²) in [6.45, 7) is 0. The van der Waals surface area contributed by atoms with Gasteiger partial charge in [-0.3, -0.25) is 4.98 Å². The van der Waals surface area contributed by atoms with Gasteiger partial charge in [0.2, 0.25) is 5.89 Å². The molecule has 13 aromatic rings. The number of para-hydroxylation sites is 4. The number of hydrogen-bond acceptors (Lipinski definition) is 5. The van der Waals surface area contributed by atoms with Crippen LogP contribution in [-0.2, 0) is 0 Å². The molecule has 6 heteroatoms. The number of anilines is 3. The molecule has 0 bridgehead atoms. The van der Waals surface area contributed by atoms with Gasteiger partial charge < -0.3 is 13.7 Å². The Balaban J connectivity index is 0.914. The highest BCUT2D eigenvalue weighted by Gasteiger charge is 2.20. The molecule has 0 fully saturated rings. The molecule has 6 nitrogen and oxygen atoms in total. The van der Waals surface area contributed by atoms with Gasteiger partial charge in [-0.2, -0.15) is 0 Å². The quantitative estimate of drug-likeness (QED) is 0.161. The van der Waals surface area contributed by atoms with E-state index in [-0.39, 0.29) is 0 Å². The lowest BCUT2D eigenvalue weighted by atomic mass is 9.99. The molecule has 5 heterocycles. The van der Waals surface area contributed by atoms with Crippen LogP contribution >= 0.6 is 0 Å². The number of hydrogen-bond donors (Lipinski definition) is 0. The Labute approximate surface area is 361 Å². The van der Waals surface area contributed by atoms with Gasteiger partial charge >= 0.3 is 0 Å². The van der Waals surface area contributed by atoms with Crippen molar-refractivity contribution in [1.82, 2.24) is 19.4 Å². The number of aromatic nitrogens is 4. The third kappa shape index (κ3) is 5.69. The van der Waals surface area contributed by atoms with Crippen LogP contribution < -0.4 is 4.90 Å². The maximum absolute atomic E-state index is 6.15. The highest BCUT2D eigenvalue weighted by molar-refractivity contribution is 6.24. The molecule has 0 unspecified atom stereocenters. The molecule has 0 aliphatic carbocycles. The Hall–Kier alpha value is -8.61. The predicted molar refractivity (Wildman–Crippen MR) is 258 cm³/mol. The van der Waals surface area contributed by atoms with Gasteiger partial charge in [-0.05, 0) is 108 Å². The second-order valence-electron chi connectivity index (χ2n) is 16.0. The fraction of sp³-hybridized carbons (Fsp3) is 0. The average Bonchev–Trinajstić information content (AvgIpc) is 4.04. The molecular weight excluding hydrogens is 771 g/mol. The molecule has 0 atom stereocenters. The predicted octanol–water partition coefficient (Wildman–Crippen LogP) is 15.1. The molecule has 0 spiro atoms. The standard InChI is InChI=1S/C57H35N5O/c1-2-11-38(12-3-1)55-54-40(13-10-32-58-54)35-50(59-55)37-22-28-43(29-23-37)61(44-30-24-39(25-31-44)57-60-49-16-6-9-19-53(49)63-57)42-26-20-36(21-27-42)41-33-47-45-14-4-7-17-51(45)62-52-18-8-5-15-46(52)48(34-41)56(47)62/h1-35H. The van der Waals surface area contributed by atoms with Crippen molar-refractivity contribution >= 4 is 77.2 Å². The third-order valence-corrected chi connectivity index (χ3v) is 12.4. The molecular formula is C57H35N5O. The lowest BCUT2D eigenvalue weighted by Crippen LogP contribution is -2.09. The van der Waals surface area contributed by atoms with Gasteiger partial charge in [0.15, 0.2) is 5.58 Å². The molecule has 63 heavy (non-hydrogen) atoms. The van der Waals surface area contributed by atoms with Gasteiger partial charge in [0.05, 0.1) is 33.5 Å². The van der Waals surface area contributed by atoms with Crippen molar-refractivity contribution in [2.24, 2.45) is 0 Å². The molecule has 5 aromatic heterocycles. The first-order chi connectivity index (χ1) is 31.2. The molecule has 0 N–H and O–H groups in total. The Morgan fingerprint density at radius 1 is 0.429 bits per heavy atom. The zero-order valence-electron chi connectivity index (χ0n) is 33.9. The summed E-state index contributed by atoms with van der Waals surface area (Å²) < 4.78 is 8.57. The van der Waals surface area contributed by atoms with Crippen LogP contribution in [0.5, 0.6) is 0 Å². The van der Waals surface area contributed by atoms with Crippen LogP contribution in [0.4, 0.5) is 17.1 Å². The van der Waals surface area contributed by atoms with Crippen molar-refractivity contribution in [3.05, 3.63) is 212 Å². The Kier molecular flexibility index (Phi) is 7.80. The lowest BCUT2D eigenvalue weighted by Gasteiger charge is -2.26. The summed E-state index contributed by atoms with van der Waals surface area (Å²) in [6, 6.07) is 72.7. The second kappa shape index (κ2) is 14.0. The van der Waals surface area contributed by atoms with Crippen LogP contribution in [0.25, 0.3) is 105 Å². The maximum atomic E-state index is 6.15. The van der Waals surface area contributed by atoms with Crippen LogP contribution in [0.2, 0.25) is 0 Å². The summed E-state index contributed by atoms with van der Waals surface area (Å²) in [6.07, 6.45) is 1.83. The van der Waals surface area contributed by atoms with Crippen molar-refractivity contribution in [3.8, 4) is 45.1 Å². The van der Waals surface area contributed by atoms with Gasteiger partial charge in [0.25, 0.3) is 0 Å². The molecule has 0 aliphatic heterocycles. The SMILES string of the molecule is c1ccc(-c2nc(-c3ccc(N(c4ccc(-c5cc6c7ccccc7n7c8ccccc8c(c5)c67)cc4)c4ccc(-c5nc6ccccc6o5)cc4)cc3)cc3cccnc23)cc1. The Bertz CT molecular complexity index is 3720. The van der Waals surface area contributed by atoms with Gasteiger partial charge in [-0.15, -0.1) is 0 Å². The van der Waals surface area contributed by atoms with Crippen molar-refractivity contribution in [3.63, 3.8) is 0 Å². The van der Waals surface area contributed by atoms with E-state index in [1.165, 1.54) is 43.7 Å². The van der Waals surface area contributed by atoms with Crippen LogP contribution in [-0.4, -0.2) is 19.4 Å². The fourth-order valence-electron chi connectivity index (χ4n) is 9.43. The number of oxazole rings is 1. The van der Waals surface area contributed by atoms with E-state index in [0.29, 0.717) is 5.89 Å². The molecule has 0 amide bonds. The van der Waals surface area contributed by atoms with E-state index in [2.05, 4.69) is 167 Å². The summed E-state index contributed by atoms with van der Waals surface area (Å²) in [5.41, 5.74) is 16.4. The summed E-state index contributed by atoms with van der Waals surface area (Å²) >= 11 is 0. The van der Waals surface area contributed by atoms with E-state index in [4.69, 9.17) is 19.4 Å². The number of pyridine rings is 2. The van der Waals surface area contributed by atoms with Crippen LogP contribution in [0, 0.1) is 0 Å². The molecule has 8 aromatic carbocycles. The van der Waals surface area contributed by atoms with E-state index < -0.39 is 0 Å². The minimum Gasteiger partial charge on any atom is -0.436 e. The van der Waals surface area contributed by atoms with E-state index in [0.717, 1.165) is 72.7 Å². The van der Waals surface area contributed by atoms with Gasteiger partial charge in [-0.25, -0.2) is 9.97 Å². The third-order valence-electron chi connectivity index (χ3n) is 12.4. The summed E-state index contributed by atoms with van der Waals surface area (Å²) in [5, 5.41) is 6.13. The molecule has 13 rings (SSSR count). The van der Waals surface area contributed by atoms with Crippen molar-refractivity contribution in [2.75, 3.05) is 4.90 Å². The summed E-state index contributed by atoms with van der Waals surface area (Å²) in [5.74, 6) is 0.599. The lowest BCUT2D eigenvalue weighted by molar-refractivity contribution is 0.620. The van der Waals surface area contributed by atoms with E-state index >= 15 is 0 Å². The first-order valence-electron chi connectivity index (χ1n) is 21.2. The largest absolute Gasteiger partial charge is 0.436 e. The monoisotopic (exact) mass is 805 g/mol. The highest BCUT2D eigenvalue weighted by Crippen LogP contribution is 2.43. The average molecular weight is 806 g/mol. The highest BCUT2D eigenvalue weighted by atomic mass is 16.3. The fourth-order valence-corrected chi connectivity index (χ4v) is 9.43. The van der Waals surface area contributed by atoms with E-state index in [1.54, 1.807) is 0 Å². The Morgan fingerprint density at radius 3 is 1.68 bits per heavy atom. The molecule has 0 saturated carbocycles. The van der Waals surface area contributed by atoms with E-state index in [9.17, 15) is 0 Å². The summed E-state index contributed by atoms with van der Waals surface area (Å²) in [7, 11) is 0. The molecule has 294 valence electrons. The number of fused-ring (bicyclic) bond motifs is 8. The number of benzene rings is 8. The smallest absolute Gasteiger partial charge is 0.227 e. The van der Waals surface area contributed by atoms with E-state index in [1.807, 2.05) is 54.7 Å². The minimum atomic E-state index is 0.599. The number of rotatable bonds is 7. The van der Waals surface area contributed by atoms with Gasteiger partial charge in [0.1, 0.15) is 5.52 Å². The first-order valence-corrected chi connectivity index (χ1v) is 21.2. The summed E-state index contributed by atoms with van der Waals surface area (Å²) in [4.78, 5) is 17.0. The molecule has 0 aliphatic rings. The second-order valence-corrected chi connectivity index (χ2v) is 16.0. The van der Waals surface area contributed by atoms with Gasteiger partial charge in [0, 0.05) is 66.9 Å². The van der Waals surface area contributed by atoms with Crippen LogP contribution in [0.1, 0.15) is 0 Å². The zero-order chi connectivity index (χ0) is 41.4. The molecule has 0 radical (unpaired) electrons. The van der Waals surface area contributed by atoms with Crippen LogP contribution in [0.3, 0.4) is 0 Å². The normalized spacial score (nSPS) is 11.8. The first kappa shape index (κ1) is 35.2. The minimum absolute atomic E-state index is 0.599. The number of nitrogens with zero attached hydrogens (tertiary/aromatic N) is 5. The maximum Gasteiger partial charge on any atom is 0.227 e. The van der Waals surface area contributed by atoms with Crippen molar-refractivity contribution in [1.29, 1.82) is 0 Å². The van der Waals surface area contributed by atoms with Gasteiger partial charge in [-0.1, -0.05) is 109 Å². The van der Waals surface area contributed by atoms with Crippen LogP contribution in [0.15, 0.2) is 217 Å². The topological polar surface area (TPSA) is 59.5 Å². The zero-order valence-corrected chi connectivity index (χ0v) is 33.9. The van der Waals surface area contributed by atoms with Crippen molar-refractivity contribution in [2.45, 2.75) is 0 Å². The van der Waals surface area contributed by atoms with Crippen molar-refractivity contribution < 1.29 is 4.42 Å².